The maximum Gasteiger partial charge on any atom is 0.323 e. The third-order valence-corrected chi connectivity index (χ3v) is 6.16. The molecule has 0 aliphatic rings. The lowest BCUT2D eigenvalue weighted by molar-refractivity contribution is 0.262. The molecule has 35 heavy (non-hydrogen) atoms. The fourth-order valence-electron chi connectivity index (χ4n) is 4.43. The van der Waals surface area contributed by atoms with Crippen molar-refractivity contribution in [2.75, 3.05) is 10.6 Å². The molecule has 6 aromatic rings. The molecule has 6 rings (SSSR count). The van der Waals surface area contributed by atoms with Crippen molar-refractivity contribution >= 4 is 39.2 Å². The number of carbonyl (C=O) groups is 1. The van der Waals surface area contributed by atoms with Gasteiger partial charge in [0.15, 0.2) is 0 Å². The van der Waals surface area contributed by atoms with Crippen molar-refractivity contribution in [3.8, 4) is 22.4 Å². The van der Waals surface area contributed by atoms with Gasteiger partial charge in [-0.3, -0.25) is 5.10 Å². The van der Waals surface area contributed by atoms with Gasteiger partial charge in [0.1, 0.15) is 5.69 Å². The van der Waals surface area contributed by atoms with Gasteiger partial charge in [0.25, 0.3) is 0 Å². The number of H-pyrrole nitrogens is 2. The highest BCUT2D eigenvalue weighted by Gasteiger charge is 2.13. The average Bonchev–Trinajstić information content (AvgIpc) is 3.48. The van der Waals surface area contributed by atoms with Crippen molar-refractivity contribution < 1.29 is 4.79 Å². The number of aryl methyl sites for hydroxylation is 1. The number of anilines is 2. The van der Waals surface area contributed by atoms with Crippen LogP contribution in [-0.4, -0.2) is 21.2 Å². The number of nitrogens with zero attached hydrogens (tertiary/aromatic N) is 1. The van der Waals surface area contributed by atoms with Gasteiger partial charge in [-0.2, -0.15) is 5.10 Å². The largest absolute Gasteiger partial charge is 0.360 e. The molecule has 4 N–H and O–H groups in total. The second-order valence-electron chi connectivity index (χ2n) is 8.61. The molecule has 4 aromatic carbocycles. The molecule has 2 aromatic heterocycles. The van der Waals surface area contributed by atoms with Crippen molar-refractivity contribution in [2.45, 2.75) is 6.92 Å². The van der Waals surface area contributed by atoms with Crippen molar-refractivity contribution in [3.63, 3.8) is 0 Å². The molecule has 0 radical (unpaired) electrons. The van der Waals surface area contributed by atoms with Crippen LogP contribution in [0.25, 0.3) is 44.2 Å². The van der Waals surface area contributed by atoms with E-state index in [1.807, 2.05) is 73.8 Å². The number of hydrogen-bond acceptors (Lipinski definition) is 2. The van der Waals surface area contributed by atoms with E-state index in [1.165, 1.54) is 0 Å². The van der Waals surface area contributed by atoms with Crippen LogP contribution in [0.15, 0.2) is 97.2 Å². The highest BCUT2D eigenvalue weighted by molar-refractivity contribution is 6.04. The first-order valence-corrected chi connectivity index (χ1v) is 11.4. The number of para-hydroxylation sites is 1. The normalized spacial score (nSPS) is 11.1. The van der Waals surface area contributed by atoms with E-state index in [0.29, 0.717) is 0 Å². The van der Waals surface area contributed by atoms with Crippen molar-refractivity contribution in [1.82, 2.24) is 15.2 Å². The van der Waals surface area contributed by atoms with Crippen LogP contribution in [0.4, 0.5) is 16.2 Å². The fraction of sp³-hybridized carbons (Fsp3) is 0.0345. The molecule has 0 spiro atoms. The summed E-state index contributed by atoms with van der Waals surface area (Å²) in [5.74, 6) is 0. The van der Waals surface area contributed by atoms with E-state index in [4.69, 9.17) is 0 Å². The summed E-state index contributed by atoms with van der Waals surface area (Å²) >= 11 is 0. The Balaban J connectivity index is 1.21. The summed E-state index contributed by atoms with van der Waals surface area (Å²) in [5, 5.41) is 15.8. The number of carbonyl (C=O) groups excluding carboxylic acids is 1. The van der Waals surface area contributed by atoms with Gasteiger partial charge >= 0.3 is 6.03 Å². The lowest BCUT2D eigenvalue weighted by Gasteiger charge is -2.09. The predicted octanol–water partition coefficient (Wildman–Crippen LogP) is 7.33. The first kappa shape index (κ1) is 20.7. The smallest absolute Gasteiger partial charge is 0.323 e. The fourth-order valence-corrected chi connectivity index (χ4v) is 4.43. The molecular formula is C29H23N5O. The molecule has 0 aliphatic carbocycles. The van der Waals surface area contributed by atoms with Gasteiger partial charge in [-0.15, -0.1) is 0 Å². The zero-order valence-corrected chi connectivity index (χ0v) is 19.1. The van der Waals surface area contributed by atoms with Gasteiger partial charge in [0.05, 0.1) is 5.52 Å². The maximum absolute atomic E-state index is 12.3. The molecule has 0 atom stereocenters. The summed E-state index contributed by atoms with van der Waals surface area (Å²) in [6, 6.07) is 29.8. The van der Waals surface area contributed by atoms with E-state index in [2.05, 4.69) is 56.1 Å². The van der Waals surface area contributed by atoms with E-state index in [-0.39, 0.29) is 6.03 Å². The Morgan fingerprint density at radius 2 is 1.54 bits per heavy atom. The predicted molar refractivity (Wildman–Crippen MR) is 143 cm³/mol. The van der Waals surface area contributed by atoms with Gasteiger partial charge in [-0.1, -0.05) is 48.5 Å². The SMILES string of the molecule is Cc1cccc(NC(=O)Nc2ccc(-c3ccc4c(-c5c[nH]c6ccccc56)n[nH]c4c3)cc2)c1. The zero-order chi connectivity index (χ0) is 23.8. The lowest BCUT2D eigenvalue weighted by atomic mass is 10.0. The number of hydrogen-bond donors (Lipinski definition) is 4. The monoisotopic (exact) mass is 457 g/mol. The van der Waals surface area contributed by atoms with Crippen LogP contribution in [0.1, 0.15) is 5.56 Å². The minimum absolute atomic E-state index is 0.271. The van der Waals surface area contributed by atoms with E-state index >= 15 is 0 Å². The van der Waals surface area contributed by atoms with Crippen LogP contribution >= 0.6 is 0 Å². The van der Waals surface area contributed by atoms with Gasteiger partial charge in [0, 0.05) is 39.4 Å². The number of rotatable bonds is 4. The van der Waals surface area contributed by atoms with Gasteiger partial charge < -0.3 is 15.6 Å². The van der Waals surface area contributed by atoms with E-state index in [9.17, 15) is 4.79 Å². The zero-order valence-electron chi connectivity index (χ0n) is 19.1. The number of amides is 2. The number of fused-ring (bicyclic) bond motifs is 2. The molecule has 0 bridgehead atoms. The molecule has 2 amide bonds. The number of aromatic nitrogens is 3. The molecule has 6 heteroatoms. The molecule has 0 unspecified atom stereocenters. The topological polar surface area (TPSA) is 85.6 Å². The van der Waals surface area contributed by atoms with E-state index in [0.717, 1.165) is 61.1 Å². The van der Waals surface area contributed by atoms with Gasteiger partial charge in [-0.05, 0) is 66.1 Å². The summed E-state index contributed by atoms with van der Waals surface area (Å²) in [6.45, 7) is 1.99. The summed E-state index contributed by atoms with van der Waals surface area (Å²) in [5.41, 5.74) is 8.79. The Bertz CT molecular complexity index is 1680. The first-order chi connectivity index (χ1) is 17.1. The third-order valence-electron chi connectivity index (χ3n) is 6.16. The Morgan fingerprint density at radius 1 is 0.743 bits per heavy atom. The Hall–Kier alpha value is -4.84. The Labute approximate surface area is 202 Å². The summed E-state index contributed by atoms with van der Waals surface area (Å²) < 4.78 is 0. The third kappa shape index (κ3) is 4.02. The van der Waals surface area contributed by atoms with Crippen LogP contribution in [-0.2, 0) is 0 Å². The van der Waals surface area contributed by atoms with Crippen LogP contribution in [0.2, 0.25) is 0 Å². The van der Waals surface area contributed by atoms with Crippen LogP contribution in [0, 0.1) is 6.92 Å². The summed E-state index contributed by atoms with van der Waals surface area (Å²) in [6.07, 6.45) is 2.01. The number of nitrogens with one attached hydrogen (secondary N) is 4. The van der Waals surface area contributed by atoms with Crippen molar-refractivity contribution in [1.29, 1.82) is 0 Å². The lowest BCUT2D eigenvalue weighted by Crippen LogP contribution is -2.19. The summed E-state index contributed by atoms with van der Waals surface area (Å²) in [7, 11) is 0. The van der Waals surface area contributed by atoms with Crippen LogP contribution in [0.5, 0.6) is 0 Å². The second kappa shape index (κ2) is 8.50. The quantitative estimate of drug-likeness (QED) is 0.223. The summed E-state index contributed by atoms with van der Waals surface area (Å²) in [4.78, 5) is 15.7. The number of aromatic amines is 2. The van der Waals surface area contributed by atoms with Crippen molar-refractivity contribution in [3.05, 3.63) is 103 Å². The van der Waals surface area contributed by atoms with Crippen LogP contribution < -0.4 is 10.6 Å². The molecule has 170 valence electrons. The molecule has 0 aliphatic heterocycles. The first-order valence-electron chi connectivity index (χ1n) is 11.4. The minimum atomic E-state index is -0.271. The van der Waals surface area contributed by atoms with E-state index in [1.54, 1.807) is 0 Å². The standard InChI is InChI=1S/C29H23N5O/c1-18-5-4-6-22(15-18)32-29(35)31-21-12-9-19(10-13-21)20-11-14-24-27(16-20)33-34-28(24)25-17-30-26-8-3-2-7-23(25)26/h2-17,30H,1H3,(H,33,34)(H2,31,32,35). The molecule has 0 saturated heterocycles. The highest BCUT2D eigenvalue weighted by atomic mass is 16.2. The van der Waals surface area contributed by atoms with E-state index < -0.39 is 0 Å². The molecule has 2 heterocycles. The second-order valence-corrected chi connectivity index (χ2v) is 8.61. The van der Waals surface area contributed by atoms with Gasteiger partial charge in [-0.25, -0.2) is 4.79 Å². The maximum atomic E-state index is 12.3. The van der Waals surface area contributed by atoms with Crippen LogP contribution in [0.3, 0.4) is 0 Å². The van der Waals surface area contributed by atoms with Gasteiger partial charge in [0.2, 0.25) is 0 Å². The number of urea groups is 1. The van der Waals surface area contributed by atoms with Crippen molar-refractivity contribution in [2.24, 2.45) is 0 Å². The number of benzene rings is 4. The average molecular weight is 458 g/mol. The minimum Gasteiger partial charge on any atom is -0.360 e. The molecule has 0 saturated carbocycles. The Kier molecular flexibility index (Phi) is 5.04. The molecular weight excluding hydrogens is 434 g/mol. The highest BCUT2D eigenvalue weighted by Crippen LogP contribution is 2.34. The Morgan fingerprint density at radius 3 is 2.40 bits per heavy atom. The molecule has 6 nitrogen and oxygen atoms in total. The molecule has 0 fully saturated rings.